The van der Waals surface area contributed by atoms with Gasteiger partial charge in [-0.15, -0.1) is 11.3 Å². The van der Waals surface area contributed by atoms with Gasteiger partial charge in [-0.25, -0.2) is 4.98 Å². The van der Waals surface area contributed by atoms with E-state index in [0.717, 1.165) is 43.6 Å². The van der Waals surface area contributed by atoms with Crippen molar-refractivity contribution in [1.82, 2.24) is 20.4 Å². The van der Waals surface area contributed by atoms with Gasteiger partial charge >= 0.3 is 6.01 Å². The maximum absolute atomic E-state index is 13.5. The van der Waals surface area contributed by atoms with Crippen molar-refractivity contribution in [2.75, 3.05) is 4.90 Å². The fourth-order valence-electron chi connectivity index (χ4n) is 5.08. The van der Waals surface area contributed by atoms with E-state index < -0.39 is 5.41 Å². The van der Waals surface area contributed by atoms with Crippen LogP contribution < -0.4 is 10.2 Å². The maximum Gasteiger partial charge on any atom is 0.324 e. The van der Waals surface area contributed by atoms with Crippen LogP contribution in [0.25, 0.3) is 0 Å². The number of nitrogens with zero attached hydrogens (tertiary/aromatic N) is 4. The van der Waals surface area contributed by atoms with Crippen molar-refractivity contribution < 1.29 is 9.32 Å². The molecule has 2 aliphatic heterocycles. The van der Waals surface area contributed by atoms with Crippen LogP contribution in [0.1, 0.15) is 69.8 Å². The zero-order chi connectivity index (χ0) is 19.3. The lowest BCUT2D eigenvalue weighted by atomic mass is 9.69. The normalized spacial score (nSPS) is 29.5. The molecule has 3 aliphatic rings. The Balaban J connectivity index is 1.47. The third-order valence-electron chi connectivity index (χ3n) is 6.78. The number of carbonyl (C=O) groups is 1. The average Bonchev–Trinajstić information content (AvgIpc) is 3.40. The molecule has 3 atom stereocenters. The van der Waals surface area contributed by atoms with Gasteiger partial charge in [-0.1, -0.05) is 19.0 Å². The van der Waals surface area contributed by atoms with Crippen LogP contribution >= 0.6 is 11.3 Å². The van der Waals surface area contributed by atoms with Gasteiger partial charge in [0.25, 0.3) is 0 Å². The lowest BCUT2D eigenvalue weighted by molar-refractivity contribution is -0.133. The Hall–Kier alpha value is -1.96. The van der Waals surface area contributed by atoms with Gasteiger partial charge in [-0.05, 0) is 38.5 Å². The molecule has 28 heavy (non-hydrogen) atoms. The lowest BCUT2D eigenvalue weighted by Crippen LogP contribution is -2.54. The molecule has 8 heteroatoms. The summed E-state index contributed by atoms with van der Waals surface area (Å²) in [5.41, 5.74) is 2.39. The average molecular weight is 402 g/mol. The van der Waals surface area contributed by atoms with E-state index in [9.17, 15) is 4.79 Å². The molecule has 0 radical (unpaired) electrons. The highest BCUT2D eigenvalue weighted by Gasteiger charge is 2.61. The van der Waals surface area contributed by atoms with E-state index in [2.05, 4.69) is 44.6 Å². The Kier molecular flexibility index (Phi) is 4.41. The van der Waals surface area contributed by atoms with Crippen molar-refractivity contribution in [1.29, 1.82) is 0 Å². The maximum atomic E-state index is 13.5. The van der Waals surface area contributed by atoms with Gasteiger partial charge in [0.15, 0.2) is 5.82 Å². The molecule has 0 spiro atoms. The van der Waals surface area contributed by atoms with Crippen LogP contribution in [0.5, 0.6) is 0 Å². The number of aromatic nitrogens is 3. The minimum absolute atomic E-state index is 0.0831. The van der Waals surface area contributed by atoms with E-state index in [-0.39, 0.29) is 23.9 Å². The third kappa shape index (κ3) is 2.84. The first kappa shape index (κ1) is 18.1. The quantitative estimate of drug-likeness (QED) is 0.800. The number of rotatable bonds is 6. The summed E-state index contributed by atoms with van der Waals surface area (Å²) in [7, 11) is 0. The Morgan fingerprint density at radius 1 is 1.39 bits per heavy atom. The van der Waals surface area contributed by atoms with Crippen molar-refractivity contribution in [2.45, 2.75) is 82.8 Å². The first-order chi connectivity index (χ1) is 13.6. The summed E-state index contributed by atoms with van der Waals surface area (Å²) < 4.78 is 5.63. The molecule has 1 aliphatic carbocycles. The zero-order valence-corrected chi connectivity index (χ0v) is 17.2. The molecule has 0 aromatic carbocycles. The van der Waals surface area contributed by atoms with Crippen LogP contribution in [0.4, 0.5) is 6.01 Å². The van der Waals surface area contributed by atoms with Gasteiger partial charge in [0, 0.05) is 35.8 Å². The van der Waals surface area contributed by atoms with Gasteiger partial charge in [-0.2, -0.15) is 4.98 Å². The number of hydrogen-bond acceptors (Lipinski definition) is 7. The van der Waals surface area contributed by atoms with Gasteiger partial charge in [-0.3, -0.25) is 4.79 Å². The smallest absolute Gasteiger partial charge is 0.324 e. The fraction of sp³-hybridized carbons (Fsp3) is 0.700. The molecule has 3 fully saturated rings. The summed E-state index contributed by atoms with van der Waals surface area (Å²) in [4.78, 5) is 24.9. The van der Waals surface area contributed by atoms with Gasteiger partial charge < -0.3 is 14.7 Å². The number of fused-ring (bicyclic) bond motifs is 2. The molecular weight excluding hydrogens is 374 g/mol. The molecule has 1 saturated carbocycles. The molecule has 1 N–H and O–H groups in total. The SMILES string of the molecule is CC(C)c1noc(N2[C@@H]3CC[C@H]2[C@@](Cc2cscn2)(C(=O)NC2CCC2)C3)n1. The van der Waals surface area contributed by atoms with Crippen molar-refractivity contribution in [2.24, 2.45) is 5.41 Å². The Labute approximate surface area is 168 Å². The monoisotopic (exact) mass is 401 g/mol. The predicted octanol–water partition coefficient (Wildman–Crippen LogP) is 3.29. The van der Waals surface area contributed by atoms with Gasteiger partial charge in [0.1, 0.15) is 0 Å². The minimum atomic E-state index is -0.473. The zero-order valence-electron chi connectivity index (χ0n) is 16.4. The van der Waals surface area contributed by atoms with E-state index >= 15 is 0 Å². The third-order valence-corrected chi connectivity index (χ3v) is 7.42. The van der Waals surface area contributed by atoms with E-state index in [4.69, 9.17) is 4.52 Å². The summed E-state index contributed by atoms with van der Waals surface area (Å²) in [6.45, 7) is 4.12. The number of carbonyl (C=O) groups excluding carboxylic acids is 1. The second-order valence-corrected chi connectivity index (χ2v) is 9.58. The van der Waals surface area contributed by atoms with Crippen LogP contribution in [-0.4, -0.2) is 39.2 Å². The number of thiazole rings is 1. The molecule has 2 bridgehead atoms. The van der Waals surface area contributed by atoms with Crippen LogP contribution in [0.15, 0.2) is 15.4 Å². The largest absolute Gasteiger partial charge is 0.353 e. The molecule has 1 amide bonds. The molecule has 2 aromatic rings. The summed E-state index contributed by atoms with van der Waals surface area (Å²) in [6, 6.07) is 1.27. The summed E-state index contributed by atoms with van der Waals surface area (Å²) in [6.07, 6.45) is 6.95. The molecule has 0 unspecified atom stereocenters. The fourth-order valence-corrected chi connectivity index (χ4v) is 5.64. The van der Waals surface area contributed by atoms with Crippen LogP contribution in [0.3, 0.4) is 0 Å². The molecule has 2 aromatic heterocycles. The molecule has 4 heterocycles. The first-order valence-electron chi connectivity index (χ1n) is 10.4. The van der Waals surface area contributed by atoms with Crippen molar-refractivity contribution in [3.05, 3.63) is 22.4 Å². The van der Waals surface area contributed by atoms with Crippen LogP contribution in [0.2, 0.25) is 0 Å². The Bertz CT molecular complexity index is 847. The summed E-state index contributed by atoms with van der Waals surface area (Å²) >= 11 is 1.59. The van der Waals surface area contributed by atoms with Crippen LogP contribution in [-0.2, 0) is 11.2 Å². The second kappa shape index (κ2) is 6.83. The van der Waals surface area contributed by atoms with E-state index in [1.54, 1.807) is 11.3 Å². The highest BCUT2D eigenvalue weighted by Crippen LogP contribution is 2.53. The lowest BCUT2D eigenvalue weighted by Gasteiger charge is -2.38. The highest BCUT2D eigenvalue weighted by molar-refractivity contribution is 7.07. The van der Waals surface area contributed by atoms with Crippen molar-refractivity contribution >= 4 is 23.3 Å². The molecule has 150 valence electrons. The van der Waals surface area contributed by atoms with Gasteiger partial charge in [0.2, 0.25) is 5.91 Å². The highest BCUT2D eigenvalue weighted by atomic mass is 32.1. The predicted molar refractivity (Wildman–Crippen MR) is 106 cm³/mol. The molecule has 7 nitrogen and oxygen atoms in total. The number of hydrogen-bond donors (Lipinski definition) is 1. The second-order valence-electron chi connectivity index (χ2n) is 8.86. The summed E-state index contributed by atoms with van der Waals surface area (Å²) in [5, 5.41) is 9.56. The Morgan fingerprint density at radius 2 is 2.25 bits per heavy atom. The summed E-state index contributed by atoms with van der Waals surface area (Å²) in [5.74, 6) is 1.13. The van der Waals surface area contributed by atoms with E-state index in [0.29, 0.717) is 18.5 Å². The Morgan fingerprint density at radius 3 is 2.89 bits per heavy atom. The molecule has 5 rings (SSSR count). The van der Waals surface area contributed by atoms with Gasteiger partial charge in [0.05, 0.1) is 16.6 Å². The van der Waals surface area contributed by atoms with Crippen molar-refractivity contribution in [3.8, 4) is 0 Å². The first-order valence-corrected chi connectivity index (χ1v) is 11.3. The van der Waals surface area contributed by atoms with Crippen molar-refractivity contribution in [3.63, 3.8) is 0 Å². The number of amides is 1. The van der Waals surface area contributed by atoms with E-state index in [1.807, 2.05) is 5.51 Å². The van der Waals surface area contributed by atoms with Crippen LogP contribution in [0, 0.1) is 5.41 Å². The minimum Gasteiger partial charge on any atom is -0.353 e. The van der Waals surface area contributed by atoms with E-state index in [1.165, 1.54) is 6.42 Å². The topological polar surface area (TPSA) is 84.2 Å². The number of anilines is 1. The number of nitrogens with one attached hydrogen (secondary N) is 1. The standard InChI is InChI=1S/C20H27N5O2S/c1-12(2)17-23-19(27-24-17)25-15-6-7-16(25)20(9-15,8-14-10-28-11-21-14)18(26)22-13-4-3-5-13/h10-13,15-16H,3-9H2,1-2H3,(H,22,26)/t15-,16+,20+/m1/s1. The molecular formula is C20H27N5O2S. The molecule has 2 saturated heterocycles.